The molecule has 3 aliphatic rings. The molecule has 1 saturated heterocycles. The van der Waals surface area contributed by atoms with Crippen molar-refractivity contribution in [2.24, 2.45) is 11.8 Å². The van der Waals surface area contributed by atoms with Crippen molar-refractivity contribution >= 4 is 0 Å². The van der Waals surface area contributed by atoms with Crippen molar-refractivity contribution < 1.29 is 0 Å². The molecule has 0 bridgehead atoms. The average Bonchev–Trinajstić information content (AvgIpc) is 2.95. The van der Waals surface area contributed by atoms with E-state index in [2.05, 4.69) is 17.1 Å². The molecule has 3 rings (SSSR count). The number of fused-ring (bicyclic) bond motifs is 1. The molecule has 3 atom stereocenters. The molecule has 2 saturated carbocycles. The molecule has 1 aliphatic heterocycles. The maximum atomic E-state index is 3.81. The second kappa shape index (κ2) is 5.27. The molecule has 98 valence electrons. The van der Waals surface area contributed by atoms with Crippen LogP contribution in [0.1, 0.15) is 51.9 Å². The SMILES string of the molecule is CCCCN(CC1NCC2CCCC21)C1CC1. The monoisotopic (exact) mass is 236 g/mol. The lowest BCUT2D eigenvalue weighted by Crippen LogP contribution is -2.42. The van der Waals surface area contributed by atoms with Gasteiger partial charge in [0.05, 0.1) is 0 Å². The van der Waals surface area contributed by atoms with E-state index >= 15 is 0 Å². The predicted octanol–water partition coefficient (Wildman–Crippen LogP) is 2.64. The van der Waals surface area contributed by atoms with E-state index in [0.29, 0.717) is 0 Å². The second-order valence-corrected chi connectivity index (χ2v) is 6.45. The smallest absolute Gasteiger partial charge is 0.0226 e. The topological polar surface area (TPSA) is 15.3 Å². The van der Waals surface area contributed by atoms with Crippen LogP contribution >= 0.6 is 0 Å². The van der Waals surface area contributed by atoms with Gasteiger partial charge < -0.3 is 5.32 Å². The Bertz CT molecular complexity index is 249. The molecular weight excluding hydrogens is 208 g/mol. The number of hydrogen-bond acceptors (Lipinski definition) is 2. The standard InChI is InChI=1S/C15H28N2/c1-2-3-9-17(13-7-8-13)11-15-14-6-4-5-12(14)10-16-15/h12-16H,2-11H2,1H3. The summed E-state index contributed by atoms with van der Waals surface area (Å²) in [7, 11) is 0. The summed E-state index contributed by atoms with van der Waals surface area (Å²) < 4.78 is 0. The summed E-state index contributed by atoms with van der Waals surface area (Å²) in [4.78, 5) is 2.79. The first kappa shape index (κ1) is 12.0. The molecule has 0 aromatic rings. The van der Waals surface area contributed by atoms with E-state index in [9.17, 15) is 0 Å². The predicted molar refractivity (Wildman–Crippen MR) is 72.1 cm³/mol. The van der Waals surface area contributed by atoms with Gasteiger partial charge in [0.15, 0.2) is 0 Å². The van der Waals surface area contributed by atoms with Gasteiger partial charge in [0.25, 0.3) is 0 Å². The summed E-state index contributed by atoms with van der Waals surface area (Å²) in [5, 5.41) is 3.81. The van der Waals surface area contributed by atoms with Crippen molar-refractivity contribution in [3.63, 3.8) is 0 Å². The minimum absolute atomic E-state index is 0.819. The highest BCUT2D eigenvalue weighted by Gasteiger charge is 2.40. The summed E-state index contributed by atoms with van der Waals surface area (Å²) >= 11 is 0. The number of rotatable bonds is 6. The minimum Gasteiger partial charge on any atom is -0.312 e. The van der Waals surface area contributed by atoms with Crippen LogP contribution in [-0.2, 0) is 0 Å². The summed E-state index contributed by atoms with van der Waals surface area (Å²) in [6.07, 6.45) is 10.1. The van der Waals surface area contributed by atoms with Crippen molar-refractivity contribution in [3.05, 3.63) is 0 Å². The van der Waals surface area contributed by atoms with Crippen molar-refractivity contribution in [3.8, 4) is 0 Å². The van der Waals surface area contributed by atoms with Gasteiger partial charge in [-0.25, -0.2) is 0 Å². The highest BCUT2D eigenvalue weighted by molar-refractivity contribution is 4.97. The zero-order valence-electron chi connectivity index (χ0n) is 11.3. The van der Waals surface area contributed by atoms with Gasteiger partial charge >= 0.3 is 0 Å². The molecule has 1 heterocycles. The number of hydrogen-bond donors (Lipinski definition) is 1. The van der Waals surface area contributed by atoms with Gasteiger partial charge in [-0.1, -0.05) is 19.8 Å². The third-order valence-electron chi connectivity index (χ3n) is 5.17. The third-order valence-corrected chi connectivity index (χ3v) is 5.17. The van der Waals surface area contributed by atoms with Crippen LogP contribution in [0.15, 0.2) is 0 Å². The van der Waals surface area contributed by atoms with Crippen LogP contribution in [0.5, 0.6) is 0 Å². The first-order chi connectivity index (χ1) is 8.38. The van der Waals surface area contributed by atoms with E-state index in [-0.39, 0.29) is 0 Å². The van der Waals surface area contributed by atoms with Crippen LogP contribution < -0.4 is 5.32 Å². The Hall–Kier alpha value is -0.0800. The van der Waals surface area contributed by atoms with Gasteiger partial charge in [0.1, 0.15) is 0 Å². The maximum absolute atomic E-state index is 3.81. The lowest BCUT2D eigenvalue weighted by Gasteiger charge is -2.28. The van der Waals surface area contributed by atoms with Gasteiger partial charge in [-0.2, -0.15) is 0 Å². The van der Waals surface area contributed by atoms with Gasteiger partial charge in [-0.15, -0.1) is 0 Å². The number of nitrogens with zero attached hydrogens (tertiary/aromatic N) is 1. The maximum Gasteiger partial charge on any atom is 0.0226 e. The lowest BCUT2D eigenvalue weighted by molar-refractivity contribution is 0.214. The largest absolute Gasteiger partial charge is 0.312 e. The molecule has 0 aromatic heterocycles. The molecule has 0 radical (unpaired) electrons. The summed E-state index contributed by atoms with van der Waals surface area (Å²) in [6, 6.07) is 1.77. The molecule has 17 heavy (non-hydrogen) atoms. The van der Waals surface area contributed by atoms with Crippen molar-refractivity contribution in [1.29, 1.82) is 0 Å². The molecule has 3 fully saturated rings. The average molecular weight is 236 g/mol. The summed E-state index contributed by atoms with van der Waals surface area (Å²) in [5.74, 6) is 2.03. The molecular formula is C15H28N2. The molecule has 0 amide bonds. The summed E-state index contributed by atoms with van der Waals surface area (Å²) in [5.41, 5.74) is 0. The van der Waals surface area contributed by atoms with Gasteiger partial charge in [0.2, 0.25) is 0 Å². The Kier molecular flexibility index (Phi) is 3.72. The fourth-order valence-electron chi connectivity index (χ4n) is 3.98. The molecule has 0 aromatic carbocycles. The highest BCUT2D eigenvalue weighted by Crippen LogP contribution is 2.38. The highest BCUT2D eigenvalue weighted by atomic mass is 15.2. The van der Waals surface area contributed by atoms with Crippen LogP contribution in [0.4, 0.5) is 0 Å². The zero-order chi connectivity index (χ0) is 11.7. The van der Waals surface area contributed by atoms with Crippen molar-refractivity contribution in [2.75, 3.05) is 19.6 Å². The van der Waals surface area contributed by atoms with E-state index in [1.54, 1.807) is 0 Å². The van der Waals surface area contributed by atoms with Crippen LogP contribution in [-0.4, -0.2) is 36.6 Å². The fraction of sp³-hybridized carbons (Fsp3) is 1.00. The normalized spacial score (nSPS) is 36.7. The Balaban J connectivity index is 1.53. The third kappa shape index (κ3) is 2.68. The Morgan fingerprint density at radius 2 is 2.06 bits per heavy atom. The molecule has 2 aliphatic carbocycles. The van der Waals surface area contributed by atoms with Gasteiger partial charge in [0, 0.05) is 18.6 Å². The van der Waals surface area contributed by atoms with E-state index in [1.807, 2.05) is 0 Å². The quantitative estimate of drug-likeness (QED) is 0.763. The second-order valence-electron chi connectivity index (χ2n) is 6.45. The molecule has 0 spiro atoms. The van der Waals surface area contributed by atoms with E-state index in [0.717, 1.165) is 23.9 Å². The van der Waals surface area contributed by atoms with E-state index < -0.39 is 0 Å². The van der Waals surface area contributed by atoms with Gasteiger partial charge in [-0.3, -0.25) is 4.90 Å². The first-order valence-corrected chi connectivity index (χ1v) is 7.86. The molecule has 2 nitrogen and oxygen atoms in total. The van der Waals surface area contributed by atoms with Crippen LogP contribution in [0.3, 0.4) is 0 Å². The Labute approximate surface area is 106 Å². The fourth-order valence-corrected chi connectivity index (χ4v) is 3.98. The van der Waals surface area contributed by atoms with Crippen molar-refractivity contribution in [1.82, 2.24) is 10.2 Å². The number of unbranched alkanes of at least 4 members (excludes halogenated alkanes) is 1. The summed E-state index contributed by atoms with van der Waals surface area (Å²) in [6.45, 7) is 6.30. The van der Waals surface area contributed by atoms with Crippen LogP contribution in [0.2, 0.25) is 0 Å². The van der Waals surface area contributed by atoms with Crippen molar-refractivity contribution in [2.45, 2.75) is 64.0 Å². The molecule has 2 heteroatoms. The van der Waals surface area contributed by atoms with E-state index in [1.165, 1.54) is 64.6 Å². The Morgan fingerprint density at radius 3 is 2.82 bits per heavy atom. The minimum atomic E-state index is 0.819. The first-order valence-electron chi connectivity index (χ1n) is 7.86. The molecule has 3 unspecified atom stereocenters. The van der Waals surface area contributed by atoms with Crippen LogP contribution in [0.25, 0.3) is 0 Å². The number of nitrogens with one attached hydrogen (secondary N) is 1. The van der Waals surface area contributed by atoms with Gasteiger partial charge in [-0.05, 0) is 57.0 Å². The lowest BCUT2D eigenvalue weighted by atomic mass is 9.94. The molecule has 1 N–H and O–H groups in total. The zero-order valence-corrected chi connectivity index (χ0v) is 11.3. The Morgan fingerprint density at radius 1 is 1.18 bits per heavy atom. The van der Waals surface area contributed by atoms with Crippen LogP contribution in [0, 0.1) is 11.8 Å². The van der Waals surface area contributed by atoms with E-state index in [4.69, 9.17) is 0 Å².